The van der Waals surface area contributed by atoms with Crippen LogP contribution >= 0.6 is 0 Å². The molecule has 0 saturated carbocycles. The van der Waals surface area contributed by atoms with E-state index in [4.69, 9.17) is 0 Å². The first-order chi connectivity index (χ1) is 8.55. The molecule has 18 heavy (non-hydrogen) atoms. The molecule has 0 bridgehead atoms. The summed E-state index contributed by atoms with van der Waals surface area (Å²) in [7, 11) is 2.09. The van der Waals surface area contributed by atoms with Crippen LogP contribution in [0.4, 0.5) is 0 Å². The van der Waals surface area contributed by atoms with E-state index < -0.39 is 5.41 Å². The third kappa shape index (κ3) is 1.90. The van der Waals surface area contributed by atoms with Gasteiger partial charge in [-0.2, -0.15) is 0 Å². The van der Waals surface area contributed by atoms with Gasteiger partial charge < -0.3 is 4.90 Å². The molecule has 0 aromatic rings. The molecule has 0 unspecified atom stereocenters. The minimum atomic E-state index is -0.816. The topological polar surface area (TPSA) is 52.7 Å². The Bertz CT molecular complexity index is 344. The maximum absolute atomic E-state index is 12.5. The second-order valence-electron chi connectivity index (χ2n) is 5.44. The number of carbonyl (C=O) groups is 2. The lowest BCUT2D eigenvalue weighted by molar-refractivity contribution is -0.141. The van der Waals surface area contributed by atoms with Crippen molar-refractivity contribution in [2.45, 2.75) is 45.6 Å². The van der Waals surface area contributed by atoms with Crippen LogP contribution < -0.4 is 5.43 Å². The molecule has 0 aliphatic carbocycles. The van der Waals surface area contributed by atoms with Crippen molar-refractivity contribution in [2.24, 2.45) is 5.41 Å². The number of likely N-dealkylation sites (tertiary alicyclic amines) is 1. The highest BCUT2D eigenvalue weighted by Crippen LogP contribution is 2.35. The van der Waals surface area contributed by atoms with Crippen LogP contribution in [0, 0.1) is 5.41 Å². The van der Waals surface area contributed by atoms with Gasteiger partial charge in [0.05, 0.1) is 6.04 Å². The number of hydrazine groups is 1. The van der Waals surface area contributed by atoms with E-state index in [-0.39, 0.29) is 17.9 Å². The minimum absolute atomic E-state index is 0.0212. The van der Waals surface area contributed by atoms with Gasteiger partial charge >= 0.3 is 0 Å². The van der Waals surface area contributed by atoms with Crippen LogP contribution in [0.5, 0.6) is 0 Å². The van der Waals surface area contributed by atoms with Gasteiger partial charge in [-0.15, -0.1) is 0 Å². The van der Waals surface area contributed by atoms with Crippen LogP contribution in [0.25, 0.3) is 0 Å². The summed E-state index contributed by atoms with van der Waals surface area (Å²) in [4.78, 5) is 26.9. The van der Waals surface area contributed by atoms with E-state index in [9.17, 15) is 9.59 Å². The summed E-state index contributed by atoms with van der Waals surface area (Å²) in [5.74, 6) is -0.136. The Balaban J connectivity index is 2.13. The van der Waals surface area contributed by atoms with Gasteiger partial charge in [-0.3, -0.25) is 15.0 Å². The van der Waals surface area contributed by atoms with Crippen LogP contribution in [-0.2, 0) is 9.59 Å². The Labute approximate surface area is 108 Å². The van der Waals surface area contributed by atoms with Gasteiger partial charge in [0.25, 0.3) is 11.8 Å². The number of amides is 2. The summed E-state index contributed by atoms with van der Waals surface area (Å²) < 4.78 is 0. The van der Waals surface area contributed by atoms with Gasteiger partial charge in [-0.25, -0.2) is 5.01 Å². The third-order valence-corrected chi connectivity index (χ3v) is 4.55. The summed E-state index contributed by atoms with van der Waals surface area (Å²) in [6, 6.07) is 0.164. The fraction of sp³-hybridized carbons (Fsp3) is 0.846. The number of piperidine rings is 1. The molecule has 2 saturated heterocycles. The average Bonchev–Trinajstić information content (AvgIpc) is 2.63. The van der Waals surface area contributed by atoms with Crippen molar-refractivity contribution in [2.75, 3.05) is 20.1 Å². The first kappa shape index (κ1) is 13.3. The van der Waals surface area contributed by atoms with E-state index in [0.29, 0.717) is 12.8 Å². The average molecular weight is 253 g/mol. The Kier molecular flexibility index (Phi) is 3.61. The number of hydrogen-bond acceptors (Lipinski definition) is 3. The maximum Gasteiger partial charge on any atom is 0.256 e. The highest BCUT2D eigenvalue weighted by atomic mass is 16.2. The highest BCUT2D eigenvalue weighted by Gasteiger charge is 2.53. The maximum atomic E-state index is 12.5. The second-order valence-corrected chi connectivity index (χ2v) is 5.44. The number of nitrogens with one attached hydrogen (secondary N) is 1. The number of nitrogens with zero attached hydrogens (tertiary/aromatic N) is 2. The molecular weight excluding hydrogens is 230 g/mol. The molecule has 2 rings (SSSR count). The van der Waals surface area contributed by atoms with Gasteiger partial charge in [0.2, 0.25) is 0 Å². The van der Waals surface area contributed by atoms with Crippen molar-refractivity contribution in [1.82, 2.24) is 15.3 Å². The molecule has 2 aliphatic heterocycles. The van der Waals surface area contributed by atoms with E-state index >= 15 is 0 Å². The molecule has 0 aromatic heterocycles. The van der Waals surface area contributed by atoms with Crippen LogP contribution in [0.3, 0.4) is 0 Å². The number of hydrogen-bond donors (Lipinski definition) is 1. The Morgan fingerprint density at radius 2 is 1.78 bits per heavy atom. The molecule has 0 spiro atoms. The summed E-state index contributed by atoms with van der Waals surface area (Å²) in [5, 5.41) is 1.61. The third-order valence-electron chi connectivity index (χ3n) is 4.55. The van der Waals surface area contributed by atoms with Crippen LogP contribution in [0.1, 0.15) is 39.5 Å². The molecule has 5 nitrogen and oxygen atoms in total. The lowest BCUT2D eigenvalue weighted by Gasteiger charge is -2.34. The largest absolute Gasteiger partial charge is 0.306 e. The van der Waals surface area contributed by atoms with Crippen LogP contribution in [0.15, 0.2) is 0 Å². The quantitative estimate of drug-likeness (QED) is 0.756. The molecule has 1 N–H and O–H groups in total. The first-order valence-electron chi connectivity index (χ1n) is 6.88. The molecule has 0 atom stereocenters. The summed E-state index contributed by atoms with van der Waals surface area (Å²) in [6.45, 7) is 5.80. The predicted molar refractivity (Wildman–Crippen MR) is 68.5 cm³/mol. The zero-order valence-corrected chi connectivity index (χ0v) is 11.5. The normalized spacial score (nSPS) is 25.6. The van der Waals surface area contributed by atoms with Crippen molar-refractivity contribution in [3.63, 3.8) is 0 Å². The fourth-order valence-corrected chi connectivity index (χ4v) is 2.98. The Morgan fingerprint density at radius 1 is 1.22 bits per heavy atom. The molecule has 0 radical (unpaired) electrons. The fourth-order valence-electron chi connectivity index (χ4n) is 2.98. The molecule has 2 amide bonds. The zero-order valence-electron chi connectivity index (χ0n) is 11.5. The zero-order chi connectivity index (χ0) is 13.3. The number of carbonyl (C=O) groups excluding carboxylic acids is 2. The second kappa shape index (κ2) is 4.88. The van der Waals surface area contributed by atoms with Crippen LogP contribution in [-0.4, -0.2) is 47.9 Å². The van der Waals surface area contributed by atoms with E-state index in [0.717, 1.165) is 25.9 Å². The van der Waals surface area contributed by atoms with Crippen molar-refractivity contribution in [3.8, 4) is 0 Å². The van der Waals surface area contributed by atoms with Crippen molar-refractivity contribution in [1.29, 1.82) is 0 Å². The Morgan fingerprint density at radius 3 is 2.22 bits per heavy atom. The molecular formula is C13H23N3O2. The van der Waals surface area contributed by atoms with Gasteiger partial charge in [0.1, 0.15) is 5.41 Å². The summed E-state index contributed by atoms with van der Waals surface area (Å²) in [5.41, 5.74) is 1.99. The van der Waals surface area contributed by atoms with Gasteiger partial charge in [-0.1, -0.05) is 13.8 Å². The van der Waals surface area contributed by atoms with Gasteiger partial charge in [0.15, 0.2) is 0 Å². The summed E-state index contributed by atoms with van der Waals surface area (Å²) >= 11 is 0. The minimum Gasteiger partial charge on any atom is -0.306 e. The standard InChI is InChI=1S/C13H23N3O2/c1-4-13(5-2)11(17)14-16(12(13)18)10-6-8-15(3)9-7-10/h10H,4-9H2,1-3H3,(H,14,17). The lowest BCUT2D eigenvalue weighted by Crippen LogP contribution is -2.49. The van der Waals surface area contributed by atoms with E-state index in [1.54, 1.807) is 5.01 Å². The smallest absolute Gasteiger partial charge is 0.256 e. The molecule has 0 aromatic carbocycles. The number of rotatable bonds is 3. The molecule has 102 valence electrons. The summed E-state index contributed by atoms with van der Waals surface area (Å²) in [6.07, 6.45) is 3.03. The van der Waals surface area contributed by atoms with Gasteiger partial charge in [-0.05, 0) is 45.8 Å². The lowest BCUT2D eigenvalue weighted by atomic mass is 9.81. The monoisotopic (exact) mass is 253 g/mol. The van der Waals surface area contributed by atoms with Crippen molar-refractivity contribution >= 4 is 11.8 Å². The van der Waals surface area contributed by atoms with Gasteiger partial charge in [0, 0.05) is 0 Å². The van der Waals surface area contributed by atoms with Crippen molar-refractivity contribution in [3.05, 3.63) is 0 Å². The first-order valence-corrected chi connectivity index (χ1v) is 6.88. The van der Waals surface area contributed by atoms with E-state index in [2.05, 4.69) is 17.4 Å². The predicted octanol–water partition coefficient (Wildman–Crippen LogP) is 0.760. The molecule has 2 fully saturated rings. The van der Waals surface area contributed by atoms with Crippen molar-refractivity contribution < 1.29 is 9.59 Å². The SMILES string of the molecule is CCC1(CC)C(=O)NN(C2CCN(C)CC2)C1=O. The molecule has 5 heteroatoms. The molecule has 2 aliphatic rings. The highest BCUT2D eigenvalue weighted by molar-refractivity contribution is 6.09. The van der Waals surface area contributed by atoms with Crippen LogP contribution in [0.2, 0.25) is 0 Å². The molecule has 2 heterocycles. The Hall–Kier alpha value is -1.10. The van der Waals surface area contributed by atoms with E-state index in [1.807, 2.05) is 13.8 Å². The van der Waals surface area contributed by atoms with E-state index in [1.165, 1.54) is 0 Å².